The number of amides is 1. The van der Waals surface area contributed by atoms with Crippen LogP contribution in [0.5, 0.6) is 0 Å². The minimum Gasteiger partial charge on any atom is -0.356 e. The summed E-state index contributed by atoms with van der Waals surface area (Å²) >= 11 is 0. The molecule has 0 saturated carbocycles. The highest BCUT2D eigenvalue weighted by Crippen LogP contribution is 2.18. The fraction of sp³-hybridized carbons (Fsp3) is 0.273. The molecule has 1 saturated heterocycles. The van der Waals surface area contributed by atoms with E-state index in [2.05, 4.69) is 39.5 Å². The van der Waals surface area contributed by atoms with Crippen molar-refractivity contribution in [3.8, 4) is 0 Å². The minimum atomic E-state index is 0.108. The summed E-state index contributed by atoms with van der Waals surface area (Å²) in [6.07, 6.45) is 4.18. The van der Waals surface area contributed by atoms with Crippen LogP contribution < -0.4 is 10.2 Å². The van der Waals surface area contributed by atoms with Gasteiger partial charge in [-0.05, 0) is 41.3 Å². The number of hydrogen-bond acceptors (Lipinski definition) is 3. The highest BCUT2D eigenvalue weighted by molar-refractivity contribution is 5.85. The number of pyridine rings is 1. The number of rotatable bonds is 4. The number of nitrogens with one attached hydrogen (secondary N) is 1. The fourth-order valence-corrected chi connectivity index (χ4v) is 3.61. The minimum absolute atomic E-state index is 0.108. The lowest BCUT2D eigenvalue weighted by molar-refractivity contribution is -0.121. The number of piperidine rings is 1. The second-order valence-electron chi connectivity index (χ2n) is 6.88. The van der Waals surface area contributed by atoms with Crippen LogP contribution in [0.2, 0.25) is 0 Å². The highest BCUT2D eigenvalue weighted by Gasteiger charge is 2.21. The molecule has 3 aromatic rings. The van der Waals surface area contributed by atoms with Gasteiger partial charge < -0.3 is 10.2 Å². The summed E-state index contributed by atoms with van der Waals surface area (Å²) in [5.41, 5.74) is 1.06. The maximum absolute atomic E-state index is 12.4. The Morgan fingerprint density at radius 1 is 1.00 bits per heavy atom. The number of fused-ring (bicyclic) bond motifs is 1. The van der Waals surface area contributed by atoms with E-state index in [1.807, 2.05) is 42.6 Å². The fourth-order valence-electron chi connectivity index (χ4n) is 3.61. The number of carbonyl (C=O) groups is 1. The Balaban J connectivity index is 1.31. The van der Waals surface area contributed by atoms with Crippen LogP contribution in [0.1, 0.15) is 18.4 Å². The van der Waals surface area contributed by atoms with Crippen LogP contribution in [0.3, 0.4) is 0 Å². The first-order valence-corrected chi connectivity index (χ1v) is 9.21. The monoisotopic (exact) mass is 345 g/mol. The van der Waals surface area contributed by atoms with E-state index >= 15 is 0 Å². The van der Waals surface area contributed by atoms with E-state index in [4.69, 9.17) is 0 Å². The molecule has 2 heterocycles. The molecule has 4 nitrogen and oxygen atoms in total. The second-order valence-corrected chi connectivity index (χ2v) is 6.88. The van der Waals surface area contributed by atoms with Crippen LogP contribution in [0.4, 0.5) is 5.82 Å². The van der Waals surface area contributed by atoms with E-state index in [1.165, 1.54) is 10.8 Å². The van der Waals surface area contributed by atoms with E-state index in [1.54, 1.807) is 0 Å². The van der Waals surface area contributed by atoms with Crippen molar-refractivity contribution in [1.29, 1.82) is 0 Å². The molecule has 26 heavy (non-hydrogen) atoms. The third kappa shape index (κ3) is 3.85. The number of anilines is 1. The van der Waals surface area contributed by atoms with E-state index in [0.29, 0.717) is 6.42 Å². The first-order chi connectivity index (χ1) is 12.8. The van der Waals surface area contributed by atoms with Crippen molar-refractivity contribution in [1.82, 2.24) is 10.3 Å². The number of hydrogen-bond donors (Lipinski definition) is 1. The quantitative estimate of drug-likeness (QED) is 0.786. The maximum atomic E-state index is 12.4. The zero-order chi connectivity index (χ0) is 17.8. The molecule has 0 aliphatic carbocycles. The van der Waals surface area contributed by atoms with E-state index in [-0.39, 0.29) is 11.9 Å². The molecule has 2 aromatic carbocycles. The zero-order valence-corrected chi connectivity index (χ0v) is 14.8. The molecule has 0 atom stereocenters. The zero-order valence-electron chi connectivity index (χ0n) is 14.8. The molecule has 4 rings (SSSR count). The van der Waals surface area contributed by atoms with E-state index in [9.17, 15) is 4.79 Å². The van der Waals surface area contributed by atoms with Gasteiger partial charge in [0.05, 0.1) is 6.42 Å². The average Bonchev–Trinajstić information content (AvgIpc) is 2.69. The largest absolute Gasteiger partial charge is 0.356 e. The molecule has 132 valence electrons. The van der Waals surface area contributed by atoms with Gasteiger partial charge in [-0.3, -0.25) is 4.79 Å². The SMILES string of the molecule is O=C(Cc1ccc2ccccc2c1)NC1CCN(c2ccccn2)CC1. The smallest absolute Gasteiger partial charge is 0.224 e. The molecule has 1 aromatic heterocycles. The van der Waals surface area contributed by atoms with Gasteiger partial charge in [0.2, 0.25) is 5.91 Å². The highest BCUT2D eigenvalue weighted by atomic mass is 16.1. The normalized spacial score (nSPS) is 15.2. The third-order valence-electron chi connectivity index (χ3n) is 5.01. The lowest BCUT2D eigenvalue weighted by Crippen LogP contribution is -2.45. The molecule has 1 N–H and O–H groups in total. The van der Waals surface area contributed by atoms with Gasteiger partial charge >= 0.3 is 0 Å². The maximum Gasteiger partial charge on any atom is 0.224 e. The summed E-state index contributed by atoms with van der Waals surface area (Å²) in [7, 11) is 0. The summed E-state index contributed by atoms with van der Waals surface area (Å²) in [6, 6.07) is 20.7. The Bertz CT molecular complexity index is 886. The molecule has 0 bridgehead atoms. The Morgan fingerprint density at radius 3 is 2.54 bits per heavy atom. The molecule has 1 aliphatic rings. The lowest BCUT2D eigenvalue weighted by atomic mass is 10.0. The van der Waals surface area contributed by atoms with Crippen LogP contribution >= 0.6 is 0 Å². The Hall–Kier alpha value is -2.88. The van der Waals surface area contributed by atoms with Crippen molar-refractivity contribution in [3.63, 3.8) is 0 Å². The molecule has 4 heteroatoms. The molecular weight excluding hydrogens is 322 g/mol. The van der Waals surface area contributed by atoms with Crippen molar-refractivity contribution in [2.24, 2.45) is 0 Å². The van der Waals surface area contributed by atoms with Gasteiger partial charge in [-0.2, -0.15) is 0 Å². The molecule has 0 unspecified atom stereocenters. The van der Waals surface area contributed by atoms with Crippen molar-refractivity contribution in [3.05, 3.63) is 72.4 Å². The van der Waals surface area contributed by atoms with Gasteiger partial charge in [-0.15, -0.1) is 0 Å². The number of aromatic nitrogens is 1. The summed E-state index contributed by atoms with van der Waals surface area (Å²) in [5, 5.41) is 5.59. The lowest BCUT2D eigenvalue weighted by Gasteiger charge is -2.33. The van der Waals surface area contributed by atoms with Gasteiger partial charge in [-0.25, -0.2) is 4.98 Å². The van der Waals surface area contributed by atoms with Crippen LogP contribution in [-0.2, 0) is 11.2 Å². The number of carbonyl (C=O) groups excluding carboxylic acids is 1. The Labute approximate surface area is 153 Å². The van der Waals surface area contributed by atoms with Crippen LogP contribution in [-0.4, -0.2) is 30.0 Å². The van der Waals surface area contributed by atoms with Gasteiger partial charge in [0.25, 0.3) is 0 Å². The standard InChI is InChI=1S/C22H23N3O/c26-22(16-17-8-9-18-5-1-2-6-19(18)15-17)24-20-10-13-25(14-11-20)21-7-3-4-12-23-21/h1-9,12,15,20H,10-11,13-14,16H2,(H,24,26). The summed E-state index contributed by atoms with van der Waals surface area (Å²) in [6.45, 7) is 1.86. The average molecular weight is 345 g/mol. The van der Waals surface area contributed by atoms with Crippen LogP contribution in [0.15, 0.2) is 66.9 Å². The first kappa shape index (κ1) is 16.6. The summed E-state index contributed by atoms with van der Waals surface area (Å²) in [5.74, 6) is 1.13. The van der Waals surface area contributed by atoms with Crippen molar-refractivity contribution < 1.29 is 4.79 Å². The molecule has 1 fully saturated rings. The van der Waals surface area contributed by atoms with Gasteiger partial charge in [0.1, 0.15) is 5.82 Å². The Morgan fingerprint density at radius 2 is 1.77 bits per heavy atom. The van der Waals surface area contributed by atoms with Gasteiger partial charge in [0.15, 0.2) is 0 Å². The van der Waals surface area contributed by atoms with Crippen LogP contribution in [0.25, 0.3) is 10.8 Å². The van der Waals surface area contributed by atoms with E-state index in [0.717, 1.165) is 37.3 Å². The van der Waals surface area contributed by atoms with Crippen molar-refractivity contribution in [2.45, 2.75) is 25.3 Å². The third-order valence-corrected chi connectivity index (χ3v) is 5.01. The predicted molar refractivity (Wildman–Crippen MR) is 105 cm³/mol. The Kier molecular flexibility index (Phi) is 4.82. The molecule has 1 aliphatic heterocycles. The summed E-state index contributed by atoms with van der Waals surface area (Å²) < 4.78 is 0. The van der Waals surface area contributed by atoms with Gasteiger partial charge in [-0.1, -0.05) is 48.5 Å². The molecule has 0 spiro atoms. The second kappa shape index (κ2) is 7.56. The number of nitrogens with zero attached hydrogens (tertiary/aromatic N) is 2. The summed E-state index contributed by atoms with van der Waals surface area (Å²) in [4.78, 5) is 19.1. The van der Waals surface area contributed by atoms with Crippen molar-refractivity contribution >= 4 is 22.5 Å². The molecular formula is C22H23N3O. The first-order valence-electron chi connectivity index (χ1n) is 9.21. The molecule has 0 radical (unpaired) electrons. The topological polar surface area (TPSA) is 45.2 Å². The van der Waals surface area contributed by atoms with E-state index < -0.39 is 0 Å². The van der Waals surface area contributed by atoms with Crippen LogP contribution in [0, 0.1) is 0 Å². The van der Waals surface area contributed by atoms with Crippen molar-refractivity contribution in [2.75, 3.05) is 18.0 Å². The molecule has 1 amide bonds. The number of benzene rings is 2. The van der Waals surface area contributed by atoms with Gasteiger partial charge in [0, 0.05) is 25.3 Å². The predicted octanol–water partition coefficient (Wildman–Crippen LogP) is 3.56.